The molecule has 0 bridgehead atoms. The van der Waals surface area contributed by atoms with Crippen molar-refractivity contribution >= 4 is 23.0 Å². The number of para-hydroxylation sites is 2. The quantitative estimate of drug-likeness (QED) is 0.916. The summed E-state index contributed by atoms with van der Waals surface area (Å²) in [5.41, 5.74) is 1.90. The van der Waals surface area contributed by atoms with E-state index in [0.29, 0.717) is 19.6 Å². The van der Waals surface area contributed by atoms with Crippen molar-refractivity contribution in [3.8, 4) is 0 Å². The van der Waals surface area contributed by atoms with Gasteiger partial charge in [0.05, 0.1) is 17.1 Å². The Kier molecular flexibility index (Phi) is 4.07. The minimum Gasteiger partial charge on any atom is -0.339 e. The smallest absolute Gasteiger partial charge is 0.317 e. The van der Waals surface area contributed by atoms with E-state index in [-0.39, 0.29) is 18.0 Å². The third kappa shape index (κ3) is 2.94. The number of hydrogen-bond acceptors (Lipinski definition) is 3. The Morgan fingerprint density at radius 3 is 2.96 bits per heavy atom. The Morgan fingerprint density at radius 2 is 2.16 bits per heavy atom. The molecule has 2 fully saturated rings. The van der Waals surface area contributed by atoms with E-state index in [4.69, 9.17) is 0 Å². The second-order valence-electron chi connectivity index (χ2n) is 6.80. The van der Waals surface area contributed by atoms with Crippen LogP contribution in [0.2, 0.25) is 0 Å². The van der Waals surface area contributed by atoms with Gasteiger partial charge in [0.25, 0.3) is 0 Å². The highest BCUT2D eigenvalue weighted by atomic mass is 16.2. The van der Waals surface area contributed by atoms with E-state index >= 15 is 0 Å². The SMILES string of the molecule is Cc1nc2ccccc2n1CC(=O)N1CCC[C@@H](N2CCNC2=O)C1. The van der Waals surface area contributed by atoms with Crippen molar-refractivity contribution in [2.45, 2.75) is 32.4 Å². The normalized spacial score (nSPS) is 21.0. The van der Waals surface area contributed by atoms with Gasteiger partial charge in [-0.05, 0) is 31.9 Å². The number of piperidine rings is 1. The van der Waals surface area contributed by atoms with E-state index in [1.807, 2.05) is 45.6 Å². The van der Waals surface area contributed by atoms with Crippen LogP contribution in [0.15, 0.2) is 24.3 Å². The van der Waals surface area contributed by atoms with Crippen LogP contribution in [0.5, 0.6) is 0 Å². The number of amides is 3. The van der Waals surface area contributed by atoms with Crippen LogP contribution >= 0.6 is 0 Å². The van der Waals surface area contributed by atoms with Crippen molar-refractivity contribution < 1.29 is 9.59 Å². The number of hydrogen-bond donors (Lipinski definition) is 1. The molecule has 0 aliphatic carbocycles. The molecule has 1 aromatic heterocycles. The molecule has 1 atom stereocenters. The number of rotatable bonds is 3. The van der Waals surface area contributed by atoms with Crippen molar-refractivity contribution in [2.24, 2.45) is 0 Å². The van der Waals surface area contributed by atoms with Crippen LogP contribution in [-0.4, -0.2) is 63.5 Å². The van der Waals surface area contributed by atoms with Gasteiger partial charge in [-0.3, -0.25) is 4.79 Å². The van der Waals surface area contributed by atoms with Gasteiger partial charge in [0.1, 0.15) is 12.4 Å². The number of fused-ring (bicyclic) bond motifs is 1. The zero-order valence-electron chi connectivity index (χ0n) is 14.4. The van der Waals surface area contributed by atoms with Gasteiger partial charge in [-0.25, -0.2) is 9.78 Å². The highest BCUT2D eigenvalue weighted by molar-refractivity contribution is 5.81. The summed E-state index contributed by atoms with van der Waals surface area (Å²) in [6, 6.07) is 8.00. The fourth-order valence-corrected chi connectivity index (χ4v) is 3.90. The standard InChI is InChI=1S/C18H23N5O2/c1-13-20-15-6-2-3-7-16(15)23(13)12-17(24)21-9-4-5-14(11-21)22-10-8-19-18(22)25/h2-3,6-7,14H,4-5,8-12H2,1H3,(H,19,25)/t14-/m1/s1. The molecule has 3 amide bonds. The maximum absolute atomic E-state index is 12.9. The van der Waals surface area contributed by atoms with Crippen LogP contribution in [0, 0.1) is 6.92 Å². The maximum atomic E-state index is 12.9. The molecule has 2 aromatic rings. The summed E-state index contributed by atoms with van der Waals surface area (Å²) in [4.78, 5) is 33.1. The Labute approximate surface area is 146 Å². The summed E-state index contributed by atoms with van der Waals surface area (Å²) in [6.45, 7) is 5.04. The van der Waals surface area contributed by atoms with Crippen LogP contribution < -0.4 is 5.32 Å². The van der Waals surface area contributed by atoms with Gasteiger partial charge in [-0.15, -0.1) is 0 Å². The predicted molar refractivity (Wildman–Crippen MR) is 94.2 cm³/mol. The average molecular weight is 341 g/mol. The van der Waals surface area contributed by atoms with E-state index in [0.717, 1.165) is 42.8 Å². The molecule has 0 spiro atoms. The first kappa shape index (κ1) is 15.9. The Morgan fingerprint density at radius 1 is 1.32 bits per heavy atom. The summed E-state index contributed by atoms with van der Waals surface area (Å²) >= 11 is 0. The number of aryl methyl sites for hydroxylation is 1. The molecular formula is C18H23N5O2. The van der Waals surface area contributed by atoms with Crippen LogP contribution in [0.25, 0.3) is 11.0 Å². The molecule has 0 radical (unpaired) electrons. The van der Waals surface area contributed by atoms with Gasteiger partial charge in [0.15, 0.2) is 0 Å². The van der Waals surface area contributed by atoms with Gasteiger partial charge in [-0.2, -0.15) is 0 Å². The third-order valence-corrected chi connectivity index (χ3v) is 5.22. The second kappa shape index (κ2) is 6.38. The maximum Gasteiger partial charge on any atom is 0.317 e. The summed E-state index contributed by atoms with van der Waals surface area (Å²) in [5, 5.41) is 2.85. The first-order chi connectivity index (χ1) is 12.1. The van der Waals surface area contributed by atoms with Crippen LogP contribution in [0.4, 0.5) is 4.79 Å². The number of nitrogens with one attached hydrogen (secondary N) is 1. The zero-order chi connectivity index (χ0) is 17.4. The Balaban J connectivity index is 1.48. The van der Waals surface area contributed by atoms with E-state index in [1.54, 1.807) is 0 Å². The number of imidazole rings is 1. The van der Waals surface area contributed by atoms with Gasteiger partial charge in [-0.1, -0.05) is 12.1 Å². The molecule has 2 aliphatic rings. The summed E-state index contributed by atoms with van der Waals surface area (Å²) in [6.07, 6.45) is 1.90. The Bertz CT molecular complexity index is 815. The molecule has 3 heterocycles. The van der Waals surface area contributed by atoms with E-state index in [9.17, 15) is 9.59 Å². The summed E-state index contributed by atoms with van der Waals surface area (Å²) in [7, 11) is 0. The summed E-state index contributed by atoms with van der Waals surface area (Å²) in [5.74, 6) is 0.942. The molecule has 132 valence electrons. The lowest BCUT2D eigenvalue weighted by molar-refractivity contribution is -0.133. The van der Waals surface area contributed by atoms with Gasteiger partial charge in [0, 0.05) is 26.2 Å². The van der Waals surface area contributed by atoms with Crippen molar-refractivity contribution in [1.82, 2.24) is 24.7 Å². The highest BCUT2D eigenvalue weighted by Crippen LogP contribution is 2.20. The first-order valence-electron chi connectivity index (χ1n) is 8.87. The largest absolute Gasteiger partial charge is 0.339 e. The molecule has 25 heavy (non-hydrogen) atoms. The molecule has 1 aromatic carbocycles. The lowest BCUT2D eigenvalue weighted by Gasteiger charge is -2.37. The van der Waals surface area contributed by atoms with Gasteiger partial charge < -0.3 is 19.7 Å². The predicted octanol–water partition coefficient (Wildman–Crippen LogP) is 1.36. The summed E-state index contributed by atoms with van der Waals surface area (Å²) < 4.78 is 1.98. The monoisotopic (exact) mass is 341 g/mol. The molecule has 0 unspecified atom stereocenters. The topological polar surface area (TPSA) is 70.5 Å². The lowest BCUT2D eigenvalue weighted by atomic mass is 10.0. The molecular weight excluding hydrogens is 318 g/mol. The number of urea groups is 1. The lowest BCUT2D eigenvalue weighted by Crippen LogP contribution is -2.51. The number of likely N-dealkylation sites (tertiary alicyclic amines) is 1. The van der Waals surface area contributed by atoms with Gasteiger partial charge >= 0.3 is 6.03 Å². The van der Waals surface area contributed by atoms with Crippen molar-refractivity contribution in [3.63, 3.8) is 0 Å². The van der Waals surface area contributed by atoms with Crippen molar-refractivity contribution in [3.05, 3.63) is 30.1 Å². The minimum absolute atomic E-state index is 0.00394. The number of benzene rings is 1. The van der Waals surface area contributed by atoms with Gasteiger partial charge in [0.2, 0.25) is 5.91 Å². The van der Waals surface area contributed by atoms with E-state index < -0.39 is 0 Å². The molecule has 1 N–H and O–H groups in total. The number of nitrogens with zero attached hydrogens (tertiary/aromatic N) is 4. The van der Waals surface area contributed by atoms with Crippen molar-refractivity contribution in [2.75, 3.05) is 26.2 Å². The first-order valence-corrected chi connectivity index (χ1v) is 8.87. The molecule has 7 heteroatoms. The number of carbonyl (C=O) groups is 2. The molecule has 4 rings (SSSR count). The fraction of sp³-hybridized carbons (Fsp3) is 0.500. The van der Waals surface area contributed by atoms with E-state index in [1.165, 1.54) is 0 Å². The molecule has 2 saturated heterocycles. The third-order valence-electron chi connectivity index (χ3n) is 5.22. The number of aromatic nitrogens is 2. The van der Waals surface area contributed by atoms with E-state index in [2.05, 4.69) is 10.3 Å². The molecule has 2 aliphatic heterocycles. The van der Waals surface area contributed by atoms with Crippen LogP contribution in [-0.2, 0) is 11.3 Å². The molecule has 0 saturated carbocycles. The minimum atomic E-state index is -0.00394. The Hall–Kier alpha value is -2.57. The average Bonchev–Trinajstić information content (AvgIpc) is 3.18. The van der Waals surface area contributed by atoms with Crippen LogP contribution in [0.1, 0.15) is 18.7 Å². The molecule has 7 nitrogen and oxygen atoms in total. The fourth-order valence-electron chi connectivity index (χ4n) is 3.90. The zero-order valence-corrected chi connectivity index (χ0v) is 14.4. The van der Waals surface area contributed by atoms with Crippen molar-refractivity contribution in [1.29, 1.82) is 0 Å². The second-order valence-corrected chi connectivity index (χ2v) is 6.80. The highest BCUT2D eigenvalue weighted by Gasteiger charge is 2.32. The van der Waals surface area contributed by atoms with Crippen LogP contribution in [0.3, 0.4) is 0 Å². The number of carbonyl (C=O) groups excluding carboxylic acids is 2.